The third-order valence-electron chi connectivity index (χ3n) is 1.77. The predicted octanol–water partition coefficient (Wildman–Crippen LogP) is 0.828. The predicted molar refractivity (Wildman–Crippen MR) is 40.2 cm³/mol. The van der Waals surface area contributed by atoms with E-state index in [1.807, 2.05) is 0 Å². The molecule has 0 fully saturated rings. The number of ether oxygens (including phenoxy) is 1. The maximum atomic E-state index is 11.3. The van der Waals surface area contributed by atoms with Gasteiger partial charge < -0.3 is 4.74 Å². The number of Topliss-reactive ketones (excluding diaryl/α,β-unsaturated/α-hetero) is 1. The molecule has 0 atom stereocenters. The molecule has 3 heteroatoms. The van der Waals surface area contributed by atoms with Gasteiger partial charge in [-0.3, -0.25) is 9.79 Å². The molecular formula is C8H7NO2. The van der Waals surface area contributed by atoms with Crippen molar-refractivity contribution in [1.82, 2.24) is 0 Å². The van der Waals surface area contributed by atoms with Crippen LogP contribution in [0.4, 0.5) is 0 Å². The van der Waals surface area contributed by atoms with Gasteiger partial charge in [-0.15, -0.1) is 0 Å². The summed E-state index contributed by atoms with van der Waals surface area (Å²) in [5.74, 6) is -0.0139. The molecule has 2 aliphatic heterocycles. The number of aliphatic imine (C=N–C) groups is 1. The summed E-state index contributed by atoms with van der Waals surface area (Å²) in [5, 5.41) is 0. The van der Waals surface area contributed by atoms with Crippen molar-refractivity contribution in [3.8, 4) is 0 Å². The molecule has 2 heterocycles. The van der Waals surface area contributed by atoms with Crippen LogP contribution in [0.1, 0.15) is 6.92 Å². The third-order valence-corrected chi connectivity index (χ3v) is 1.77. The maximum Gasteiger partial charge on any atom is 0.210 e. The van der Waals surface area contributed by atoms with E-state index in [2.05, 4.69) is 4.99 Å². The highest BCUT2D eigenvalue weighted by atomic mass is 16.5. The largest absolute Gasteiger partial charge is 0.496 e. The van der Waals surface area contributed by atoms with Gasteiger partial charge in [-0.25, -0.2) is 0 Å². The minimum atomic E-state index is -0.0139. The van der Waals surface area contributed by atoms with Gasteiger partial charge in [0.05, 0.1) is 17.5 Å². The second kappa shape index (κ2) is 2.05. The molecule has 0 spiro atoms. The zero-order chi connectivity index (χ0) is 7.84. The van der Waals surface area contributed by atoms with E-state index >= 15 is 0 Å². The fourth-order valence-corrected chi connectivity index (χ4v) is 1.10. The number of carbonyl (C=O) groups is 1. The molecule has 0 amide bonds. The number of fused-ring (bicyclic) bond motifs is 1. The van der Waals surface area contributed by atoms with Crippen LogP contribution in [0.5, 0.6) is 0 Å². The summed E-state index contributed by atoms with van der Waals surface area (Å²) in [5.41, 5.74) is 2.09. The van der Waals surface area contributed by atoms with Gasteiger partial charge in [0.25, 0.3) is 0 Å². The van der Waals surface area contributed by atoms with Crippen molar-refractivity contribution in [2.24, 2.45) is 4.99 Å². The summed E-state index contributed by atoms with van der Waals surface area (Å²) in [4.78, 5) is 15.2. The van der Waals surface area contributed by atoms with Crippen LogP contribution >= 0.6 is 0 Å². The summed E-state index contributed by atoms with van der Waals surface area (Å²) in [6, 6.07) is 0. The summed E-state index contributed by atoms with van der Waals surface area (Å²) in [6.07, 6.45) is 3.20. The first-order chi connectivity index (χ1) is 5.29. The second-order valence-electron chi connectivity index (χ2n) is 2.54. The SMILES string of the molecule is CC1=NC=C2COC=C2C1=O. The van der Waals surface area contributed by atoms with E-state index < -0.39 is 0 Å². The van der Waals surface area contributed by atoms with Gasteiger partial charge >= 0.3 is 0 Å². The Labute approximate surface area is 64.1 Å². The van der Waals surface area contributed by atoms with Crippen LogP contribution in [0.15, 0.2) is 28.6 Å². The lowest BCUT2D eigenvalue weighted by molar-refractivity contribution is -0.109. The molecule has 0 radical (unpaired) electrons. The molecule has 3 nitrogen and oxygen atoms in total. The molecule has 0 N–H and O–H groups in total. The third kappa shape index (κ3) is 0.808. The smallest absolute Gasteiger partial charge is 0.210 e. The van der Waals surface area contributed by atoms with E-state index in [0.29, 0.717) is 17.9 Å². The van der Waals surface area contributed by atoms with Gasteiger partial charge in [0.15, 0.2) is 0 Å². The number of rotatable bonds is 0. The van der Waals surface area contributed by atoms with Crippen molar-refractivity contribution in [3.05, 3.63) is 23.6 Å². The first kappa shape index (κ1) is 6.34. The summed E-state index contributed by atoms with van der Waals surface area (Å²) < 4.78 is 4.99. The van der Waals surface area contributed by atoms with E-state index in [9.17, 15) is 4.79 Å². The van der Waals surface area contributed by atoms with E-state index in [1.165, 1.54) is 6.26 Å². The van der Waals surface area contributed by atoms with Crippen LogP contribution in [-0.4, -0.2) is 18.1 Å². The fraction of sp³-hybridized carbons (Fsp3) is 0.250. The fourth-order valence-electron chi connectivity index (χ4n) is 1.10. The Balaban J connectivity index is 2.49. The van der Waals surface area contributed by atoms with Crippen molar-refractivity contribution in [2.75, 3.05) is 6.61 Å². The minimum absolute atomic E-state index is 0.0139. The van der Waals surface area contributed by atoms with Crippen molar-refractivity contribution in [1.29, 1.82) is 0 Å². The van der Waals surface area contributed by atoms with E-state index in [0.717, 1.165) is 5.57 Å². The first-order valence-electron chi connectivity index (χ1n) is 3.39. The lowest BCUT2D eigenvalue weighted by atomic mass is 10.0. The van der Waals surface area contributed by atoms with Crippen LogP contribution < -0.4 is 0 Å². The highest BCUT2D eigenvalue weighted by molar-refractivity contribution is 6.46. The van der Waals surface area contributed by atoms with Crippen molar-refractivity contribution in [3.63, 3.8) is 0 Å². The lowest BCUT2D eigenvalue weighted by Crippen LogP contribution is -2.16. The van der Waals surface area contributed by atoms with Crippen molar-refractivity contribution in [2.45, 2.75) is 6.92 Å². The Kier molecular flexibility index (Phi) is 1.18. The average molecular weight is 149 g/mol. The topological polar surface area (TPSA) is 38.7 Å². The Bertz CT molecular complexity index is 310. The summed E-state index contributed by atoms with van der Waals surface area (Å²) in [6.45, 7) is 2.19. The van der Waals surface area contributed by atoms with Crippen molar-refractivity contribution < 1.29 is 9.53 Å². The molecular weight excluding hydrogens is 142 g/mol. The summed E-state index contributed by atoms with van der Waals surface area (Å²) in [7, 11) is 0. The maximum absolute atomic E-state index is 11.3. The van der Waals surface area contributed by atoms with E-state index in [4.69, 9.17) is 4.74 Å². The molecule has 0 unspecified atom stereocenters. The molecule has 2 aliphatic rings. The normalized spacial score (nSPS) is 21.5. The van der Waals surface area contributed by atoms with Crippen LogP contribution in [0.3, 0.4) is 0 Å². The highest BCUT2D eigenvalue weighted by Gasteiger charge is 2.24. The van der Waals surface area contributed by atoms with Gasteiger partial charge in [0.1, 0.15) is 6.61 Å². The monoisotopic (exact) mass is 149 g/mol. The van der Waals surface area contributed by atoms with Crippen molar-refractivity contribution >= 4 is 11.5 Å². The Morgan fingerprint density at radius 2 is 2.45 bits per heavy atom. The Morgan fingerprint density at radius 3 is 3.27 bits per heavy atom. The molecule has 0 bridgehead atoms. The van der Waals surface area contributed by atoms with Crippen LogP contribution in [0.25, 0.3) is 0 Å². The average Bonchev–Trinajstić information content (AvgIpc) is 2.45. The lowest BCUT2D eigenvalue weighted by Gasteiger charge is -2.05. The Morgan fingerprint density at radius 1 is 1.64 bits per heavy atom. The molecule has 11 heavy (non-hydrogen) atoms. The Hall–Kier alpha value is -1.38. The molecule has 56 valence electrons. The van der Waals surface area contributed by atoms with E-state index in [1.54, 1.807) is 13.1 Å². The molecule has 0 saturated heterocycles. The van der Waals surface area contributed by atoms with E-state index in [-0.39, 0.29) is 5.78 Å². The zero-order valence-electron chi connectivity index (χ0n) is 6.13. The quantitative estimate of drug-likeness (QED) is 0.511. The summed E-state index contributed by atoms with van der Waals surface area (Å²) >= 11 is 0. The number of hydrogen-bond acceptors (Lipinski definition) is 3. The standard InChI is InChI=1S/C8H7NO2/c1-5-8(10)7-4-11-3-6(7)2-9-5/h2,4H,3H2,1H3. The first-order valence-corrected chi connectivity index (χ1v) is 3.39. The second-order valence-corrected chi connectivity index (χ2v) is 2.54. The highest BCUT2D eigenvalue weighted by Crippen LogP contribution is 2.22. The van der Waals surface area contributed by atoms with Gasteiger partial charge in [-0.2, -0.15) is 0 Å². The van der Waals surface area contributed by atoms with Gasteiger partial charge in [0.2, 0.25) is 5.78 Å². The number of ketones is 1. The number of hydrogen-bond donors (Lipinski definition) is 0. The zero-order valence-corrected chi connectivity index (χ0v) is 6.13. The van der Waals surface area contributed by atoms with Crippen LogP contribution in [0.2, 0.25) is 0 Å². The van der Waals surface area contributed by atoms with Gasteiger partial charge in [-0.05, 0) is 6.92 Å². The molecule has 0 aromatic carbocycles. The molecule has 2 rings (SSSR count). The molecule has 0 aliphatic carbocycles. The minimum Gasteiger partial charge on any atom is -0.496 e. The molecule has 0 saturated carbocycles. The molecule has 0 aromatic heterocycles. The van der Waals surface area contributed by atoms with Gasteiger partial charge in [-0.1, -0.05) is 0 Å². The van der Waals surface area contributed by atoms with Crippen LogP contribution in [0, 0.1) is 0 Å². The van der Waals surface area contributed by atoms with Crippen LogP contribution in [-0.2, 0) is 9.53 Å². The van der Waals surface area contributed by atoms with Gasteiger partial charge in [0, 0.05) is 11.8 Å². The number of carbonyl (C=O) groups excluding carboxylic acids is 1. The number of nitrogens with zero attached hydrogens (tertiary/aromatic N) is 1. The molecule has 0 aromatic rings.